The first-order chi connectivity index (χ1) is 11.7. The molecule has 2 amide bonds. The Bertz CT molecular complexity index is 746. The van der Waals surface area contributed by atoms with Crippen LogP contribution >= 0.6 is 0 Å². The van der Waals surface area contributed by atoms with Gasteiger partial charge in [-0.3, -0.25) is 5.10 Å². The van der Waals surface area contributed by atoms with Gasteiger partial charge in [0.25, 0.3) is 0 Å². The van der Waals surface area contributed by atoms with E-state index in [-0.39, 0.29) is 6.03 Å². The van der Waals surface area contributed by atoms with Gasteiger partial charge in [0.2, 0.25) is 0 Å². The number of rotatable bonds is 2. The van der Waals surface area contributed by atoms with Gasteiger partial charge in [-0.25, -0.2) is 9.78 Å². The largest absolute Gasteiger partial charge is 0.324 e. The van der Waals surface area contributed by atoms with E-state index >= 15 is 0 Å². The lowest BCUT2D eigenvalue weighted by Crippen LogP contribution is -2.40. The van der Waals surface area contributed by atoms with Crippen LogP contribution in [0.4, 0.5) is 10.5 Å². The quantitative estimate of drug-likeness (QED) is 0.891. The highest BCUT2D eigenvalue weighted by Gasteiger charge is 2.26. The number of carbonyl (C=O) groups is 1. The fraction of sp³-hybridized carbons (Fsp3) is 0.500. The zero-order chi connectivity index (χ0) is 16.5. The Morgan fingerprint density at radius 1 is 1.25 bits per heavy atom. The zero-order valence-electron chi connectivity index (χ0n) is 14.0. The summed E-state index contributed by atoms with van der Waals surface area (Å²) < 4.78 is 0. The van der Waals surface area contributed by atoms with Gasteiger partial charge in [0.1, 0.15) is 5.82 Å². The monoisotopic (exact) mass is 325 g/mol. The Kier molecular flexibility index (Phi) is 3.96. The third-order valence-electron chi connectivity index (χ3n) is 5.11. The van der Waals surface area contributed by atoms with Gasteiger partial charge in [-0.2, -0.15) is 5.10 Å². The van der Waals surface area contributed by atoms with Crippen LogP contribution in [-0.4, -0.2) is 39.2 Å². The predicted octanol–water partition coefficient (Wildman–Crippen LogP) is 3.01. The van der Waals surface area contributed by atoms with Crippen molar-refractivity contribution in [1.29, 1.82) is 0 Å². The average Bonchev–Trinajstić information content (AvgIpc) is 3.23. The molecule has 0 radical (unpaired) electrons. The molecule has 24 heavy (non-hydrogen) atoms. The number of hydrogen-bond donors (Lipinski definition) is 2. The van der Waals surface area contributed by atoms with Crippen LogP contribution in [0.2, 0.25) is 0 Å². The topological polar surface area (TPSA) is 73.9 Å². The normalized spacial score (nSPS) is 17.8. The fourth-order valence-electron chi connectivity index (χ4n) is 3.74. The number of fused-ring (bicyclic) bond motifs is 1. The van der Waals surface area contributed by atoms with Crippen LogP contribution in [0.5, 0.6) is 0 Å². The molecule has 1 fully saturated rings. The van der Waals surface area contributed by atoms with E-state index in [1.165, 1.54) is 17.5 Å². The van der Waals surface area contributed by atoms with Gasteiger partial charge >= 0.3 is 6.03 Å². The molecular formula is C18H23N5O. The number of aromatic amines is 1. The van der Waals surface area contributed by atoms with Crippen LogP contribution in [-0.2, 0) is 12.8 Å². The Labute approximate surface area is 141 Å². The molecule has 1 aromatic heterocycles. The molecule has 0 saturated carbocycles. The number of likely N-dealkylation sites (tertiary alicyclic amines) is 1. The number of piperidine rings is 1. The first-order valence-corrected chi connectivity index (χ1v) is 8.75. The van der Waals surface area contributed by atoms with Crippen molar-refractivity contribution < 1.29 is 4.79 Å². The summed E-state index contributed by atoms with van der Waals surface area (Å²) in [5, 5.41) is 10.2. The second-order valence-corrected chi connectivity index (χ2v) is 6.81. The highest BCUT2D eigenvalue weighted by Crippen LogP contribution is 2.27. The van der Waals surface area contributed by atoms with Crippen LogP contribution in [0, 0.1) is 6.92 Å². The number of urea groups is 1. The second kappa shape index (κ2) is 6.26. The van der Waals surface area contributed by atoms with Gasteiger partial charge in [-0.1, -0.05) is 6.07 Å². The summed E-state index contributed by atoms with van der Waals surface area (Å²) in [6.07, 6.45) is 5.34. The van der Waals surface area contributed by atoms with Crippen LogP contribution < -0.4 is 5.32 Å². The van der Waals surface area contributed by atoms with Crippen molar-refractivity contribution >= 4 is 11.7 Å². The molecule has 4 rings (SSSR count). The average molecular weight is 325 g/mol. The van der Waals surface area contributed by atoms with Crippen LogP contribution in [0.25, 0.3) is 0 Å². The number of anilines is 1. The predicted molar refractivity (Wildman–Crippen MR) is 92.2 cm³/mol. The molecule has 1 saturated heterocycles. The Morgan fingerprint density at radius 3 is 2.79 bits per heavy atom. The van der Waals surface area contributed by atoms with E-state index < -0.39 is 0 Å². The smallest absolute Gasteiger partial charge is 0.321 e. The molecule has 0 spiro atoms. The first-order valence-electron chi connectivity index (χ1n) is 8.75. The van der Waals surface area contributed by atoms with E-state index in [1.807, 2.05) is 17.9 Å². The molecule has 0 atom stereocenters. The number of H-pyrrole nitrogens is 1. The standard InChI is InChI=1S/C18H23N5O/c1-12-19-17(22-21-12)14-7-9-23(10-8-14)18(24)20-16-6-5-13-3-2-4-15(13)11-16/h5-6,11,14H,2-4,7-10H2,1H3,(H,20,24)(H,19,21,22). The molecule has 2 aliphatic rings. The molecular weight excluding hydrogens is 302 g/mol. The number of benzene rings is 1. The molecule has 1 aliphatic carbocycles. The number of amides is 2. The summed E-state index contributed by atoms with van der Waals surface area (Å²) in [7, 11) is 0. The lowest BCUT2D eigenvalue weighted by molar-refractivity contribution is 0.193. The van der Waals surface area contributed by atoms with E-state index in [9.17, 15) is 4.79 Å². The van der Waals surface area contributed by atoms with E-state index in [2.05, 4.69) is 32.6 Å². The van der Waals surface area contributed by atoms with Gasteiger partial charge in [0.05, 0.1) is 0 Å². The molecule has 2 heterocycles. The summed E-state index contributed by atoms with van der Waals surface area (Å²) in [4.78, 5) is 18.8. The molecule has 1 aromatic carbocycles. The van der Waals surface area contributed by atoms with E-state index in [0.29, 0.717) is 5.92 Å². The number of carbonyl (C=O) groups excluding carboxylic acids is 1. The molecule has 2 N–H and O–H groups in total. The summed E-state index contributed by atoms with van der Waals surface area (Å²) in [5.74, 6) is 2.08. The van der Waals surface area contributed by atoms with Crippen molar-refractivity contribution in [1.82, 2.24) is 20.1 Å². The highest BCUT2D eigenvalue weighted by atomic mass is 16.2. The number of aryl methyl sites for hydroxylation is 3. The minimum Gasteiger partial charge on any atom is -0.324 e. The SMILES string of the molecule is Cc1nc(C2CCN(C(=O)Nc3ccc4c(c3)CCC4)CC2)n[nH]1. The minimum atomic E-state index is -0.00226. The zero-order valence-corrected chi connectivity index (χ0v) is 14.0. The summed E-state index contributed by atoms with van der Waals surface area (Å²) >= 11 is 0. The number of nitrogens with zero attached hydrogens (tertiary/aromatic N) is 3. The minimum absolute atomic E-state index is 0.00226. The van der Waals surface area contributed by atoms with Crippen molar-refractivity contribution in [2.75, 3.05) is 18.4 Å². The third-order valence-corrected chi connectivity index (χ3v) is 5.11. The van der Waals surface area contributed by atoms with Gasteiger partial charge in [-0.15, -0.1) is 0 Å². The molecule has 6 nitrogen and oxygen atoms in total. The lowest BCUT2D eigenvalue weighted by atomic mass is 9.96. The Balaban J connectivity index is 1.34. The van der Waals surface area contributed by atoms with Crippen molar-refractivity contribution in [2.45, 2.75) is 44.9 Å². The molecule has 2 aromatic rings. The summed E-state index contributed by atoms with van der Waals surface area (Å²) in [6.45, 7) is 3.40. The highest BCUT2D eigenvalue weighted by molar-refractivity contribution is 5.89. The summed E-state index contributed by atoms with van der Waals surface area (Å²) in [6, 6.07) is 6.29. The lowest BCUT2D eigenvalue weighted by Gasteiger charge is -2.30. The van der Waals surface area contributed by atoms with Crippen molar-refractivity contribution in [3.05, 3.63) is 41.0 Å². The van der Waals surface area contributed by atoms with Crippen molar-refractivity contribution in [3.63, 3.8) is 0 Å². The van der Waals surface area contributed by atoms with Crippen LogP contribution in [0.3, 0.4) is 0 Å². The van der Waals surface area contributed by atoms with E-state index in [0.717, 1.165) is 56.1 Å². The third kappa shape index (κ3) is 3.00. The second-order valence-electron chi connectivity index (χ2n) is 6.81. The first kappa shape index (κ1) is 15.2. The summed E-state index contributed by atoms with van der Waals surface area (Å²) in [5.41, 5.74) is 3.72. The van der Waals surface area contributed by atoms with Gasteiger partial charge in [0, 0.05) is 24.7 Å². The Morgan fingerprint density at radius 2 is 2.04 bits per heavy atom. The number of hydrogen-bond acceptors (Lipinski definition) is 3. The molecule has 1 aliphatic heterocycles. The number of nitrogens with one attached hydrogen (secondary N) is 2. The van der Waals surface area contributed by atoms with Crippen LogP contribution in [0.15, 0.2) is 18.2 Å². The van der Waals surface area contributed by atoms with Gasteiger partial charge in [-0.05, 0) is 62.3 Å². The molecule has 0 bridgehead atoms. The van der Waals surface area contributed by atoms with E-state index in [1.54, 1.807) is 0 Å². The van der Waals surface area contributed by atoms with Crippen molar-refractivity contribution in [3.8, 4) is 0 Å². The van der Waals surface area contributed by atoms with Gasteiger partial charge in [0.15, 0.2) is 5.82 Å². The maximum atomic E-state index is 12.5. The molecule has 0 unspecified atom stereocenters. The van der Waals surface area contributed by atoms with Gasteiger partial charge < -0.3 is 10.2 Å². The fourth-order valence-corrected chi connectivity index (χ4v) is 3.74. The van der Waals surface area contributed by atoms with Crippen molar-refractivity contribution in [2.24, 2.45) is 0 Å². The Hall–Kier alpha value is -2.37. The molecule has 6 heteroatoms. The maximum Gasteiger partial charge on any atom is 0.321 e. The van der Waals surface area contributed by atoms with Crippen LogP contribution in [0.1, 0.15) is 48.0 Å². The number of aromatic nitrogens is 3. The van der Waals surface area contributed by atoms with E-state index in [4.69, 9.17) is 0 Å². The maximum absolute atomic E-state index is 12.5. The molecule has 126 valence electrons.